The monoisotopic (exact) mass is 508 g/mol. The molecule has 10 N–H and O–H groups in total. The molecule has 15 nitrogen and oxygen atoms in total. The normalized spacial score (nSPS) is 17.6. The highest BCUT2D eigenvalue weighted by Gasteiger charge is 2.39. The van der Waals surface area contributed by atoms with Gasteiger partial charge in [-0.1, -0.05) is 0 Å². The smallest absolute Gasteiger partial charge is 0.326 e. The molecule has 4 atom stereocenters. The lowest BCUT2D eigenvalue weighted by molar-refractivity contribution is -0.145. The minimum atomic E-state index is -1.26. The summed E-state index contributed by atoms with van der Waals surface area (Å²) < 4.78 is 0. The lowest BCUT2D eigenvalue weighted by atomic mass is 10.1. The zero-order chi connectivity index (χ0) is 26.8. The van der Waals surface area contributed by atoms with Gasteiger partial charge in [0.25, 0.3) is 0 Å². The Morgan fingerprint density at radius 1 is 1.08 bits per heavy atom. The molecule has 1 aliphatic heterocycles. The number of hydrogen-bond donors (Lipinski definition) is 7. The van der Waals surface area contributed by atoms with Crippen LogP contribution in [0.15, 0.2) is 12.5 Å². The van der Waals surface area contributed by atoms with Crippen LogP contribution in [-0.4, -0.2) is 86.2 Å². The fraction of sp³-hybridized carbons (Fsp3) is 0.571. The predicted molar refractivity (Wildman–Crippen MR) is 123 cm³/mol. The van der Waals surface area contributed by atoms with Crippen molar-refractivity contribution in [3.8, 4) is 0 Å². The third kappa shape index (κ3) is 8.33. The number of aromatic amines is 1. The van der Waals surface area contributed by atoms with Crippen molar-refractivity contribution in [3.63, 3.8) is 0 Å². The van der Waals surface area contributed by atoms with E-state index in [-0.39, 0.29) is 45.1 Å². The maximum Gasteiger partial charge on any atom is 0.326 e. The second-order valence-corrected chi connectivity index (χ2v) is 8.55. The highest BCUT2D eigenvalue weighted by atomic mass is 16.4. The molecular weight excluding hydrogens is 476 g/mol. The van der Waals surface area contributed by atoms with Crippen LogP contribution in [0.3, 0.4) is 0 Å². The molecule has 0 aromatic carbocycles. The summed E-state index contributed by atoms with van der Waals surface area (Å²) in [4.78, 5) is 80.5. The van der Waals surface area contributed by atoms with Gasteiger partial charge >= 0.3 is 5.97 Å². The number of carbonyl (C=O) groups excluding carboxylic acids is 5. The Morgan fingerprint density at radius 3 is 2.33 bits per heavy atom. The molecule has 1 aliphatic rings. The molecule has 2 rings (SSSR count). The van der Waals surface area contributed by atoms with Crippen molar-refractivity contribution in [2.45, 2.75) is 69.1 Å². The van der Waals surface area contributed by atoms with Gasteiger partial charge in [-0.3, -0.25) is 24.0 Å². The first-order chi connectivity index (χ1) is 17.0. The van der Waals surface area contributed by atoms with Gasteiger partial charge in [-0.25, -0.2) is 9.78 Å². The molecule has 198 valence electrons. The zero-order valence-electron chi connectivity index (χ0n) is 19.6. The molecule has 0 aliphatic carbocycles. The molecule has 0 bridgehead atoms. The third-order valence-electron chi connectivity index (χ3n) is 5.76. The number of nitrogens with one attached hydrogen (secondary N) is 3. The molecule has 1 aromatic heterocycles. The number of likely N-dealkylation sites (tertiary alicyclic amines) is 1. The van der Waals surface area contributed by atoms with Crippen LogP contribution in [-0.2, 0) is 35.2 Å². The zero-order valence-corrected chi connectivity index (χ0v) is 19.6. The van der Waals surface area contributed by atoms with Gasteiger partial charge in [-0.05, 0) is 25.7 Å². The minimum Gasteiger partial charge on any atom is -0.480 e. The molecule has 1 saturated heterocycles. The van der Waals surface area contributed by atoms with Gasteiger partial charge in [0.1, 0.15) is 18.1 Å². The van der Waals surface area contributed by atoms with E-state index in [0.29, 0.717) is 12.1 Å². The average Bonchev–Trinajstić information content (AvgIpc) is 3.51. The minimum absolute atomic E-state index is 0.0395. The van der Waals surface area contributed by atoms with E-state index < -0.39 is 59.7 Å². The Hall–Kier alpha value is -4.01. The number of amides is 5. The van der Waals surface area contributed by atoms with E-state index in [2.05, 4.69) is 20.6 Å². The fourth-order valence-electron chi connectivity index (χ4n) is 3.84. The second kappa shape index (κ2) is 13.2. The van der Waals surface area contributed by atoms with Crippen LogP contribution in [0.2, 0.25) is 0 Å². The Labute approximate surface area is 206 Å². The lowest BCUT2D eigenvalue weighted by Crippen LogP contribution is -2.57. The van der Waals surface area contributed by atoms with Gasteiger partial charge in [-0.2, -0.15) is 0 Å². The van der Waals surface area contributed by atoms with Crippen LogP contribution < -0.4 is 27.8 Å². The molecule has 4 unspecified atom stereocenters. The topological polar surface area (TPSA) is 257 Å². The molecule has 1 aromatic rings. The lowest BCUT2D eigenvalue weighted by Gasteiger charge is -2.30. The van der Waals surface area contributed by atoms with Crippen LogP contribution in [0, 0.1) is 0 Å². The van der Waals surface area contributed by atoms with Crippen LogP contribution in [0.25, 0.3) is 0 Å². The number of aromatic nitrogens is 2. The van der Waals surface area contributed by atoms with Crippen LogP contribution >= 0.6 is 0 Å². The maximum absolute atomic E-state index is 13.3. The molecule has 0 radical (unpaired) electrons. The number of carbonyl (C=O) groups is 6. The van der Waals surface area contributed by atoms with Gasteiger partial charge < -0.3 is 42.8 Å². The van der Waals surface area contributed by atoms with Gasteiger partial charge in [0.05, 0.1) is 12.4 Å². The number of imidazole rings is 1. The number of aliphatic carboxylic acids is 1. The van der Waals surface area contributed by atoms with E-state index in [1.165, 1.54) is 17.4 Å². The summed E-state index contributed by atoms with van der Waals surface area (Å²) in [6.07, 6.45) is 3.00. The second-order valence-electron chi connectivity index (χ2n) is 8.55. The molecule has 0 spiro atoms. The highest BCUT2D eigenvalue weighted by Crippen LogP contribution is 2.20. The van der Waals surface area contributed by atoms with E-state index in [9.17, 15) is 33.9 Å². The van der Waals surface area contributed by atoms with Gasteiger partial charge in [0.15, 0.2) is 0 Å². The number of hydrogen-bond acceptors (Lipinski definition) is 8. The van der Waals surface area contributed by atoms with Crippen LogP contribution in [0.5, 0.6) is 0 Å². The summed E-state index contributed by atoms with van der Waals surface area (Å²) in [7, 11) is 0. The summed E-state index contributed by atoms with van der Waals surface area (Å²) in [6, 6.07) is -4.57. The standard InChI is InChI=1S/C21H32N8O7/c22-12(3-5-16(23)30)18(32)27-13(4-6-17(24)31)20(34)29-7-1-2-15(29)19(33)28-14(21(35)36)8-11-9-25-10-26-11/h9-10,12-15H,1-8,22H2,(H2,23,30)(H2,24,31)(H,25,26)(H,27,32)(H,28,33)(H,35,36). The van der Waals surface area contributed by atoms with Crippen molar-refractivity contribution in [2.24, 2.45) is 17.2 Å². The van der Waals surface area contributed by atoms with E-state index >= 15 is 0 Å². The summed E-state index contributed by atoms with van der Waals surface area (Å²) >= 11 is 0. The Kier molecular flexibility index (Phi) is 10.3. The first-order valence-electron chi connectivity index (χ1n) is 11.4. The molecule has 15 heteroatoms. The predicted octanol–water partition coefficient (Wildman–Crippen LogP) is -3.14. The number of rotatable bonds is 14. The Balaban J connectivity index is 2.11. The van der Waals surface area contributed by atoms with E-state index in [0.717, 1.165) is 0 Å². The molecular formula is C21H32N8O7. The van der Waals surface area contributed by atoms with Gasteiger partial charge in [0.2, 0.25) is 29.5 Å². The van der Waals surface area contributed by atoms with Crippen molar-refractivity contribution in [1.29, 1.82) is 0 Å². The number of nitrogens with two attached hydrogens (primary N) is 3. The van der Waals surface area contributed by atoms with Gasteiger partial charge in [0, 0.05) is 37.7 Å². The van der Waals surface area contributed by atoms with E-state index in [4.69, 9.17) is 17.2 Å². The number of nitrogens with zero attached hydrogens (tertiary/aromatic N) is 2. The SMILES string of the molecule is NC(=O)CCC(N)C(=O)NC(CCC(N)=O)C(=O)N1CCCC1C(=O)NC(Cc1cnc[nH]1)C(=O)O. The molecule has 2 heterocycles. The fourth-order valence-corrected chi connectivity index (χ4v) is 3.84. The van der Waals surface area contributed by atoms with Crippen molar-refractivity contribution in [1.82, 2.24) is 25.5 Å². The first-order valence-corrected chi connectivity index (χ1v) is 11.4. The highest BCUT2D eigenvalue weighted by molar-refractivity contribution is 5.95. The summed E-state index contributed by atoms with van der Waals surface area (Å²) in [5, 5.41) is 14.4. The van der Waals surface area contributed by atoms with Gasteiger partial charge in [-0.15, -0.1) is 0 Å². The van der Waals surface area contributed by atoms with Crippen molar-refractivity contribution in [3.05, 3.63) is 18.2 Å². The molecule has 36 heavy (non-hydrogen) atoms. The van der Waals surface area contributed by atoms with Crippen molar-refractivity contribution >= 4 is 35.5 Å². The van der Waals surface area contributed by atoms with Crippen LogP contribution in [0.1, 0.15) is 44.2 Å². The molecule has 5 amide bonds. The van der Waals surface area contributed by atoms with Crippen molar-refractivity contribution < 1.29 is 33.9 Å². The van der Waals surface area contributed by atoms with Crippen LogP contribution in [0.4, 0.5) is 0 Å². The first kappa shape index (κ1) is 28.2. The number of primary amides is 2. The molecule has 1 fully saturated rings. The number of carboxylic acid groups (broad SMARTS) is 1. The van der Waals surface area contributed by atoms with E-state index in [1.54, 1.807) is 0 Å². The average molecular weight is 509 g/mol. The quantitative estimate of drug-likeness (QED) is 0.134. The summed E-state index contributed by atoms with van der Waals surface area (Å²) in [5.74, 6) is -4.62. The largest absolute Gasteiger partial charge is 0.480 e. The van der Waals surface area contributed by atoms with E-state index in [1.807, 2.05) is 0 Å². The molecule has 0 saturated carbocycles. The number of carboxylic acids is 1. The Bertz CT molecular complexity index is 967. The maximum atomic E-state index is 13.3. The third-order valence-corrected chi connectivity index (χ3v) is 5.76. The number of H-pyrrole nitrogens is 1. The van der Waals surface area contributed by atoms with Crippen molar-refractivity contribution in [2.75, 3.05) is 6.54 Å². The summed E-state index contributed by atoms with van der Waals surface area (Å²) in [6.45, 7) is 0.186. The Morgan fingerprint density at radius 2 is 1.75 bits per heavy atom. The summed E-state index contributed by atoms with van der Waals surface area (Å²) in [5.41, 5.74) is 16.5.